The minimum atomic E-state index is -0.882. The molecule has 1 aliphatic carbocycles. The average molecular weight is 301 g/mol. The lowest BCUT2D eigenvalue weighted by Crippen LogP contribution is -2.43. The third-order valence-electron chi connectivity index (χ3n) is 4.28. The first kappa shape index (κ1) is 14.4. The zero-order valence-corrected chi connectivity index (χ0v) is 12.2. The van der Waals surface area contributed by atoms with Crippen LogP contribution in [0.1, 0.15) is 34.1 Å². The van der Waals surface area contributed by atoms with Crippen molar-refractivity contribution in [3.63, 3.8) is 0 Å². The van der Waals surface area contributed by atoms with E-state index in [0.717, 1.165) is 4.90 Å². The summed E-state index contributed by atoms with van der Waals surface area (Å²) in [4.78, 5) is 49.5. The van der Waals surface area contributed by atoms with Gasteiger partial charge in [0, 0.05) is 5.92 Å². The number of benzene rings is 1. The van der Waals surface area contributed by atoms with Crippen LogP contribution in [0.15, 0.2) is 24.3 Å². The zero-order valence-electron chi connectivity index (χ0n) is 12.2. The van der Waals surface area contributed by atoms with Crippen LogP contribution in [0.3, 0.4) is 0 Å². The number of nitrogens with zero attached hydrogens (tertiary/aromatic N) is 1. The molecular formula is C16H15NO5. The first-order valence-corrected chi connectivity index (χ1v) is 7.05. The van der Waals surface area contributed by atoms with E-state index in [2.05, 4.69) is 4.74 Å². The Kier molecular flexibility index (Phi) is 3.31. The molecule has 0 saturated heterocycles. The smallest absolute Gasteiger partial charge is 0.309 e. The minimum Gasteiger partial charge on any atom is -0.469 e. The summed E-state index contributed by atoms with van der Waals surface area (Å²) in [6.45, 7) is 1.52. The summed E-state index contributed by atoms with van der Waals surface area (Å²) in [5.74, 6) is -2.53. The molecule has 1 aromatic carbocycles. The van der Waals surface area contributed by atoms with Gasteiger partial charge in [0.2, 0.25) is 0 Å². The molecule has 3 atom stereocenters. The highest BCUT2D eigenvalue weighted by molar-refractivity contribution is 6.23. The molecular weight excluding hydrogens is 286 g/mol. The molecule has 6 heteroatoms. The fraction of sp³-hybridized carbons (Fsp3) is 0.375. The van der Waals surface area contributed by atoms with Gasteiger partial charge in [0.05, 0.1) is 30.2 Å². The molecule has 1 fully saturated rings. The number of esters is 1. The van der Waals surface area contributed by atoms with Gasteiger partial charge in [0.15, 0.2) is 5.78 Å². The molecule has 1 heterocycles. The normalized spacial score (nSPS) is 24.0. The number of hydrogen-bond donors (Lipinski definition) is 0. The third-order valence-corrected chi connectivity index (χ3v) is 4.28. The summed E-state index contributed by atoms with van der Waals surface area (Å²) < 4.78 is 4.61. The van der Waals surface area contributed by atoms with Gasteiger partial charge in [0.1, 0.15) is 0 Å². The van der Waals surface area contributed by atoms with Crippen molar-refractivity contribution in [3.8, 4) is 0 Å². The third kappa shape index (κ3) is 2.03. The van der Waals surface area contributed by atoms with Gasteiger partial charge in [0.25, 0.3) is 11.8 Å². The minimum absolute atomic E-state index is 0.273. The summed E-state index contributed by atoms with van der Waals surface area (Å²) in [6, 6.07) is 5.61. The lowest BCUT2D eigenvalue weighted by Gasteiger charge is -2.21. The average Bonchev–Trinajstić information content (AvgIpc) is 3.29. The van der Waals surface area contributed by atoms with Crippen molar-refractivity contribution in [2.75, 3.05) is 7.11 Å². The Hall–Kier alpha value is -2.50. The van der Waals surface area contributed by atoms with E-state index in [-0.39, 0.29) is 5.78 Å². The van der Waals surface area contributed by atoms with Crippen LogP contribution in [0.4, 0.5) is 0 Å². The Labute approximate surface area is 127 Å². The van der Waals surface area contributed by atoms with Gasteiger partial charge in [-0.25, -0.2) is 0 Å². The Morgan fingerprint density at radius 2 is 1.68 bits per heavy atom. The summed E-state index contributed by atoms with van der Waals surface area (Å²) in [5.41, 5.74) is 0.625. The number of ketones is 1. The topological polar surface area (TPSA) is 80.8 Å². The van der Waals surface area contributed by atoms with E-state index < -0.39 is 35.7 Å². The van der Waals surface area contributed by atoms with Crippen LogP contribution in [0, 0.1) is 11.8 Å². The Morgan fingerprint density at radius 1 is 1.14 bits per heavy atom. The van der Waals surface area contributed by atoms with Crippen LogP contribution >= 0.6 is 0 Å². The zero-order chi connectivity index (χ0) is 16.0. The molecule has 2 amide bonds. The SMILES string of the molecule is COC(=O)[C@@H]1C[C@H]1C(=O)C(C)N1C(=O)c2ccccc2C1=O. The molecule has 0 radical (unpaired) electrons. The summed E-state index contributed by atoms with van der Waals surface area (Å²) in [7, 11) is 1.27. The molecule has 0 spiro atoms. The van der Waals surface area contributed by atoms with E-state index >= 15 is 0 Å². The van der Waals surface area contributed by atoms with Crippen LogP contribution in [0.2, 0.25) is 0 Å². The van der Waals surface area contributed by atoms with Crippen LogP contribution in [-0.4, -0.2) is 41.6 Å². The number of methoxy groups -OCH3 is 1. The highest BCUT2D eigenvalue weighted by Crippen LogP contribution is 2.42. The van der Waals surface area contributed by atoms with Crippen molar-refractivity contribution in [1.29, 1.82) is 0 Å². The van der Waals surface area contributed by atoms with E-state index in [1.165, 1.54) is 14.0 Å². The molecule has 6 nitrogen and oxygen atoms in total. The molecule has 3 rings (SSSR count). The number of amides is 2. The quantitative estimate of drug-likeness (QED) is 0.613. The second kappa shape index (κ2) is 5.05. The lowest BCUT2D eigenvalue weighted by atomic mass is 10.1. The monoisotopic (exact) mass is 301 g/mol. The number of carbonyl (C=O) groups is 4. The van der Waals surface area contributed by atoms with Crippen molar-refractivity contribution in [2.45, 2.75) is 19.4 Å². The van der Waals surface area contributed by atoms with Crippen molar-refractivity contribution < 1.29 is 23.9 Å². The van der Waals surface area contributed by atoms with E-state index in [9.17, 15) is 19.2 Å². The molecule has 114 valence electrons. The van der Waals surface area contributed by atoms with Crippen molar-refractivity contribution in [2.24, 2.45) is 11.8 Å². The van der Waals surface area contributed by atoms with Crippen LogP contribution in [-0.2, 0) is 14.3 Å². The maximum atomic E-state index is 12.4. The van der Waals surface area contributed by atoms with E-state index in [4.69, 9.17) is 0 Å². The second-order valence-corrected chi connectivity index (χ2v) is 5.58. The van der Waals surface area contributed by atoms with Gasteiger partial charge in [-0.05, 0) is 25.5 Å². The number of rotatable bonds is 4. The summed E-state index contributed by atoms with van der Waals surface area (Å²) in [6.07, 6.45) is 0.416. The van der Waals surface area contributed by atoms with Gasteiger partial charge in [-0.15, -0.1) is 0 Å². The van der Waals surface area contributed by atoms with Crippen LogP contribution < -0.4 is 0 Å². The highest BCUT2D eigenvalue weighted by Gasteiger charge is 2.52. The molecule has 1 saturated carbocycles. The highest BCUT2D eigenvalue weighted by atomic mass is 16.5. The molecule has 1 unspecified atom stereocenters. The van der Waals surface area contributed by atoms with Gasteiger partial charge in [-0.3, -0.25) is 24.1 Å². The Morgan fingerprint density at radius 3 is 2.18 bits per heavy atom. The molecule has 2 aliphatic rings. The first-order chi connectivity index (χ1) is 10.5. The number of hydrogen-bond acceptors (Lipinski definition) is 5. The predicted molar refractivity (Wildman–Crippen MR) is 75.0 cm³/mol. The number of imide groups is 1. The van der Waals surface area contributed by atoms with Crippen molar-refractivity contribution in [3.05, 3.63) is 35.4 Å². The van der Waals surface area contributed by atoms with Crippen LogP contribution in [0.5, 0.6) is 0 Å². The molecule has 0 N–H and O–H groups in total. The van der Waals surface area contributed by atoms with Gasteiger partial charge in [-0.1, -0.05) is 12.1 Å². The van der Waals surface area contributed by atoms with E-state index in [0.29, 0.717) is 17.5 Å². The molecule has 1 aliphatic heterocycles. The van der Waals surface area contributed by atoms with E-state index in [1.54, 1.807) is 24.3 Å². The molecule has 0 aromatic heterocycles. The number of ether oxygens (including phenoxy) is 1. The predicted octanol–water partition coefficient (Wildman–Crippen LogP) is 1.05. The Bertz CT molecular complexity index is 661. The van der Waals surface area contributed by atoms with E-state index in [1.807, 2.05) is 0 Å². The summed E-state index contributed by atoms with van der Waals surface area (Å²) >= 11 is 0. The largest absolute Gasteiger partial charge is 0.469 e. The maximum Gasteiger partial charge on any atom is 0.309 e. The first-order valence-electron chi connectivity index (χ1n) is 7.05. The number of fused-ring (bicyclic) bond motifs is 1. The van der Waals surface area contributed by atoms with Crippen LogP contribution in [0.25, 0.3) is 0 Å². The van der Waals surface area contributed by atoms with Crippen molar-refractivity contribution in [1.82, 2.24) is 4.90 Å². The Balaban J connectivity index is 1.79. The second-order valence-electron chi connectivity index (χ2n) is 5.58. The summed E-state index contributed by atoms with van der Waals surface area (Å²) in [5, 5.41) is 0. The molecule has 1 aromatic rings. The standard InChI is InChI=1S/C16H15NO5/c1-8(13(18)11-7-12(11)16(21)22-2)17-14(19)9-5-3-4-6-10(9)15(17)20/h3-6,8,11-12H,7H2,1-2H3/t8?,11-,12-/m1/s1. The number of carbonyl (C=O) groups excluding carboxylic acids is 4. The van der Waals surface area contributed by atoms with Crippen molar-refractivity contribution >= 4 is 23.6 Å². The van der Waals surface area contributed by atoms with Gasteiger partial charge < -0.3 is 4.74 Å². The molecule has 0 bridgehead atoms. The lowest BCUT2D eigenvalue weighted by molar-refractivity contribution is -0.143. The fourth-order valence-corrected chi connectivity index (χ4v) is 2.92. The maximum absolute atomic E-state index is 12.4. The molecule has 22 heavy (non-hydrogen) atoms. The fourth-order valence-electron chi connectivity index (χ4n) is 2.92. The van der Waals surface area contributed by atoms with Gasteiger partial charge in [-0.2, -0.15) is 0 Å². The van der Waals surface area contributed by atoms with Gasteiger partial charge >= 0.3 is 5.97 Å². The number of Topliss-reactive ketones (excluding diaryl/α,β-unsaturated/α-hetero) is 1.